The predicted octanol–water partition coefficient (Wildman–Crippen LogP) is 2.25. The van der Waals surface area contributed by atoms with Crippen molar-refractivity contribution in [2.75, 3.05) is 20.2 Å². The summed E-state index contributed by atoms with van der Waals surface area (Å²) < 4.78 is 10.2. The van der Waals surface area contributed by atoms with E-state index in [1.165, 1.54) is 13.3 Å². The molecule has 0 aliphatic carbocycles. The fourth-order valence-corrected chi connectivity index (χ4v) is 3.51. The molecular formula is C19H20N4O4. The first kappa shape index (κ1) is 17.3. The number of nitrogens with zero attached hydrogens (tertiary/aromatic N) is 3. The summed E-state index contributed by atoms with van der Waals surface area (Å²) in [7, 11) is 1.54. The van der Waals surface area contributed by atoms with Gasteiger partial charge in [0, 0.05) is 43.0 Å². The van der Waals surface area contributed by atoms with Gasteiger partial charge in [-0.05, 0) is 31.0 Å². The van der Waals surface area contributed by atoms with Gasteiger partial charge < -0.3 is 19.1 Å². The van der Waals surface area contributed by atoms with Crippen molar-refractivity contribution in [3.05, 3.63) is 51.9 Å². The van der Waals surface area contributed by atoms with E-state index in [0.29, 0.717) is 41.5 Å². The van der Waals surface area contributed by atoms with E-state index in [-0.39, 0.29) is 22.8 Å². The van der Waals surface area contributed by atoms with Crippen LogP contribution in [0.4, 0.5) is 0 Å². The van der Waals surface area contributed by atoms with E-state index in [0.717, 1.165) is 12.8 Å². The molecule has 27 heavy (non-hydrogen) atoms. The molecule has 1 aliphatic rings. The molecule has 8 heteroatoms. The quantitative estimate of drug-likeness (QED) is 0.761. The van der Waals surface area contributed by atoms with Crippen molar-refractivity contribution in [3.63, 3.8) is 0 Å². The zero-order chi connectivity index (χ0) is 19.0. The standard InChI is InChI=1S/C19H20N4O4/c1-11-21-18(22-27-11)12-4-3-7-23(10-12)19(25)15-9-20-16-6-5-13(26-2)8-14(16)17(15)24/h5-6,8-9,12H,3-4,7,10H2,1-2H3,(H,20,24)/t12-/m0/s1. The van der Waals surface area contributed by atoms with E-state index in [2.05, 4.69) is 15.1 Å². The first-order chi connectivity index (χ1) is 13.1. The van der Waals surface area contributed by atoms with Crippen molar-refractivity contribution in [3.8, 4) is 5.75 Å². The van der Waals surface area contributed by atoms with E-state index in [4.69, 9.17) is 9.26 Å². The number of rotatable bonds is 3. The molecule has 1 fully saturated rings. The molecule has 3 heterocycles. The first-order valence-electron chi connectivity index (χ1n) is 8.85. The Morgan fingerprint density at radius 2 is 2.26 bits per heavy atom. The molecule has 1 N–H and O–H groups in total. The summed E-state index contributed by atoms with van der Waals surface area (Å²) in [6.07, 6.45) is 3.19. The van der Waals surface area contributed by atoms with Crippen LogP contribution in [0.3, 0.4) is 0 Å². The van der Waals surface area contributed by atoms with Crippen molar-refractivity contribution in [1.82, 2.24) is 20.0 Å². The smallest absolute Gasteiger partial charge is 0.259 e. The molecule has 8 nitrogen and oxygen atoms in total. The van der Waals surface area contributed by atoms with Gasteiger partial charge in [0.2, 0.25) is 11.3 Å². The first-order valence-corrected chi connectivity index (χ1v) is 8.85. The highest BCUT2D eigenvalue weighted by Gasteiger charge is 2.29. The number of methoxy groups -OCH3 is 1. The average molecular weight is 368 g/mol. The number of aromatic nitrogens is 3. The Kier molecular flexibility index (Phi) is 4.39. The minimum atomic E-state index is -0.301. The number of benzene rings is 1. The number of likely N-dealkylation sites (tertiary alicyclic amines) is 1. The number of hydrogen-bond acceptors (Lipinski definition) is 6. The van der Waals surface area contributed by atoms with Crippen LogP contribution in [-0.2, 0) is 0 Å². The molecular weight excluding hydrogens is 348 g/mol. The molecule has 2 aromatic heterocycles. The van der Waals surface area contributed by atoms with Gasteiger partial charge in [0.1, 0.15) is 11.3 Å². The van der Waals surface area contributed by atoms with E-state index >= 15 is 0 Å². The molecule has 1 atom stereocenters. The predicted molar refractivity (Wildman–Crippen MR) is 98.0 cm³/mol. The maximum absolute atomic E-state index is 13.0. The largest absolute Gasteiger partial charge is 0.497 e. The minimum absolute atomic E-state index is 0.0137. The molecule has 0 unspecified atom stereocenters. The lowest BCUT2D eigenvalue weighted by Crippen LogP contribution is -2.41. The Balaban J connectivity index is 1.64. The van der Waals surface area contributed by atoms with Crippen LogP contribution in [0, 0.1) is 6.92 Å². The fourth-order valence-electron chi connectivity index (χ4n) is 3.51. The maximum Gasteiger partial charge on any atom is 0.259 e. The molecule has 1 aliphatic heterocycles. The number of carbonyl (C=O) groups excluding carboxylic acids is 1. The summed E-state index contributed by atoms with van der Waals surface area (Å²) >= 11 is 0. The van der Waals surface area contributed by atoms with Crippen molar-refractivity contribution in [1.29, 1.82) is 0 Å². The number of carbonyl (C=O) groups is 1. The number of H-pyrrole nitrogens is 1. The number of hydrogen-bond donors (Lipinski definition) is 1. The van der Waals surface area contributed by atoms with Crippen LogP contribution in [0.5, 0.6) is 5.75 Å². The highest BCUT2D eigenvalue weighted by atomic mass is 16.5. The molecule has 4 rings (SSSR count). The second-order valence-corrected chi connectivity index (χ2v) is 6.70. The third kappa shape index (κ3) is 3.18. The van der Waals surface area contributed by atoms with E-state index in [1.807, 2.05) is 0 Å². The van der Waals surface area contributed by atoms with Gasteiger partial charge in [-0.2, -0.15) is 4.98 Å². The van der Waals surface area contributed by atoms with Gasteiger partial charge in [0.25, 0.3) is 5.91 Å². The molecule has 0 spiro atoms. The van der Waals surface area contributed by atoms with E-state index in [1.54, 1.807) is 30.0 Å². The van der Waals surface area contributed by atoms with Crippen LogP contribution in [0.2, 0.25) is 0 Å². The Hall–Kier alpha value is -3.16. The van der Waals surface area contributed by atoms with Crippen molar-refractivity contribution in [2.24, 2.45) is 0 Å². The van der Waals surface area contributed by atoms with Crippen LogP contribution in [0.25, 0.3) is 10.9 Å². The van der Waals surface area contributed by atoms with Gasteiger partial charge in [-0.1, -0.05) is 5.16 Å². The van der Waals surface area contributed by atoms with Gasteiger partial charge in [-0.3, -0.25) is 9.59 Å². The molecule has 1 saturated heterocycles. The van der Waals surface area contributed by atoms with Crippen LogP contribution in [-0.4, -0.2) is 46.1 Å². The van der Waals surface area contributed by atoms with Gasteiger partial charge in [-0.15, -0.1) is 0 Å². The topological polar surface area (TPSA) is 101 Å². The molecule has 0 bridgehead atoms. The average Bonchev–Trinajstić information content (AvgIpc) is 3.14. The maximum atomic E-state index is 13.0. The van der Waals surface area contributed by atoms with E-state index < -0.39 is 0 Å². The monoisotopic (exact) mass is 368 g/mol. The van der Waals surface area contributed by atoms with Crippen LogP contribution < -0.4 is 10.2 Å². The summed E-state index contributed by atoms with van der Waals surface area (Å²) in [6, 6.07) is 5.17. The molecule has 3 aromatic rings. The Labute approximate surface area is 155 Å². The third-order valence-electron chi connectivity index (χ3n) is 4.94. The van der Waals surface area contributed by atoms with Crippen molar-refractivity contribution < 1.29 is 14.1 Å². The lowest BCUT2D eigenvalue weighted by atomic mass is 9.96. The lowest BCUT2D eigenvalue weighted by Gasteiger charge is -2.31. The minimum Gasteiger partial charge on any atom is -0.497 e. The summed E-state index contributed by atoms with van der Waals surface area (Å²) in [6.45, 7) is 2.81. The Morgan fingerprint density at radius 1 is 1.41 bits per heavy atom. The number of amides is 1. The number of pyridine rings is 1. The molecule has 140 valence electrons. The summed E-state index contributed by atoms with van der Waals surface area (Å²) in [5, 5.41) is 4.41. The summed E-state index contributed by atoms with van der Waals surface area (Å²) in [5.74, 6) is 1.42. The number of aromatic amines is 1. The van der Waals surface area contributed by atoms with Crippen LogP contribution in [0.1, 0.15) is 40.8 Å². The molecule has 0 saturated carbocycles. The fraction of sp³-hybridized carbons (Fsp3) is 0.368. The normalized spacial score (nSPS) is 17.3. The van der Waals surface area contributed by atoms with Crippen molar-refractivity contribution >= 4 is 16.8 Å². The Bertz CT molecular complexity index is 1060. The van der Waals surface area contributed by atoms with Gasteiger partial charge in [0.15, 0.2) is 5.82 Å². The van der Waals surface area contributed by atoms with E-state index in [9.17, 15) is 9.59 Å². The summed E-state index contributed by atoms with van der Waals surface area (Å²) in [5.41, 5.74) is 0.488. The SMILES string of the molecule is COc1ccc2[nH]cc(C(=O)N3CCC[C@H](c4noc(C)n4)C3)c(=O)c2c1. The number of ether oxygens (including phenoxy) is 1. The van der Waals surface area contributed by atoms with Gasteiger partial charge >= 0.3 is 0 Å². The van der Waals surface area contributed by atoms with Gasteiger partial charge in [0.05, 0.1) is 7.11 Å². The Morgan fingerprint density at radius 3 is 3.00 bits per heavy atom. The third-order valence-corrected chi connectivity index (χ3v) is 4.94. The number of nitrogens with one attached hydrogen (secondary N) is 1. The van der Waals surface area contributed by atoms with Crippen LogP contribution in [0.15, 0.2) is 33.7 Å². The number of aryl methyl sites for hydroxylation is 1. The summed E-state index contributed by atoms with van der Waals surface area (Å²) in [4.78, 5) is 34.9. The second kappa shape index (κ2) is 6.86. The zero-order valence-corrected chi connectivity index (χ0v) is 15.2. The highest BCUT2D eigenvalue weighted by molar-refractivity contribution is 5.97. The molecule has 1 amide bonds. The lowest BCUT2D eigenvalue weighted by molar-refractivity contribution is 0.0702. The zero-order valence-electron chi connectivity index (χ0n) is 15.2. The highest BCUT2D eigenvalue weighted by Crippen LogP contribution is 2.26. The van der Waals surface area contributed by atoms with Gasteiger partial charge in [-0.25, -0.2) is 0 Å². The van der Waals surface area contributed by atoms with Crippen LogP contribution >= 0.6 is 0 Å². The molecule has 0 radical (unpaired) electrons. The number of piperidine rings is 1. The van der Waals surface area contributed by atoms with Crippen molar-refractivity contribution in [2.45, 2.75) is 25.7 Å². The number of fused-ring (bicyclic) bond motifs is 1. The molecule has 1 aromatic carbocycles. The second-order valence-electron chi connectivity index (χ2n) is 6.70.